The van der Waals surface area contributed by atoms with E-state index in [-0.39, 0.29) is 10.7 Å². The molecule has 9 heteroatoms. The van der Waals surface area contributed by atoms with Gasteiger partial charge in [-0.15, -0.1) is 0 Å². The van der Waals surface area contributed by atoms with Crippen molar-refractivity contribution in [2.24, 2.45) is 0 Å². The molecule has 1 N–H and O–H groups in total. The zero-order valence-electron chi connectivity index (χ0n) is 14.2. The van der Waals surface area contributed by atoms with Gasteiger partial charge in [-0.3, -0.25) is 0 Å². The van der Waals surface area contributed by atoms with Crippen molar-refractivity contribution in [3.63, 3.8) is 0 Å². The van der Waals surface area contributed by atoms with Crippen LogP contribution in [0.1, 0.15) is 12.5 Å². The molecule has 0 bridgehead atoms. The molecule has 0 unspecified atom stereocenters. The topological polar surface area (TPSA) is 44.3 Å². The molecule has 2 aromatic rings. The van der Waals surface area contributed by atoms with Gasteiger partial charge < -0.3 is 15.1 Å². The van der Waals surface area contributed by atoms with Gasteiger partial charge in [0.05, 0.1) is 11.3 Å². The highest BCUT2D eigenvalue weighted by Crippen LogP contribution is 2.37. The second-order valence-electron chi connectivity index (χ2n) is 5.98. The monoisotopic (exact) mass is 385 g/mol. The van der Waals surface area contributed by atoms with Crippen molar-refractivity contribution < 1.29 is 13.2 Å². The highest BCUT2D eigenvalue weighted by atomic mass is 35.5. The average molecular weight is 386 g/mol. The highest BCUT2D eigenvalue weighted by molar-refractivity contribution is 6.30. The van der Waals surface area contributed by atoms with E-state index in [1.165, 1.54) is 12.1 Å². The maximum absolute atomic E-state index is 13.2. The van der Waals surface area contributed by atoms with Crippen LogP contribution in [0.5, 0.6) is 0 Å². The highest BCUT2D eigenvalue weighted by Gasteiger charge is 2.34. The van der Waals surface area contributed by atoms with Crippen LogP contribution in [0.3, 0.4) is 0 Å². The van der Waals surface area contributed by atoms with Gasteiger partial charge in [0.15, 0.2) is 0 Å². The number of alkyl halides is 3. The van der Waals surface area contributed by atoms with Gasteiger partial charge in [0, 0.05) is 37.4 Å². The number of piperazine rings is 1. The Balaban J connectivity index is 1.80. The van der Waals surface area contributed by atoms with Crippen LogP contribution in [0.25, 0.3) is 0 Å². The lowest BCUT2D eigenvalue weighted by atomic mass is 10.1. The van der Waals surface area contributed by atoms with Crippen molar-refractivity contribution >= 4 is 29.1 Å². The summed E-state index contributed by atoms with van der Waals surface area (Å²) >= 11 is 5.71. The quantitative estimate of drug-likeness (QED) is 0.860. The second kappa shape index (κ2) is 7.67. The van der Waals surface area contributed by atoms with Crippen molar-refractivity contribution in [2.45, 2.75) is 13.1 Å². The first-order valence-electron chi connectivity index (χ1n) is 8.31. The zero-order chi connectivity index (χ0) is 18.7. The van der Waals surface area contributed by atoms with E-state index in [0.29, 0.717) is 11.8 Å². The lowest BCUT2D eigenvalue weighted by molar-refractivity contribution is -0.136. The molecule has 0 spiro atoms. The largest absolute Gasteiger partial charge is 0.418 e. The fourth-order valence-electron chi connectivity index (χ4n) is 2.83. The Kier molecular flexibility index (Phi) is 5.52. The van der Waals surface area contributed by atoms with E-state index in [9.17, 15) is 13.2 Å². The molecule has 3 rings (SSSR count). The van der Waals surface area contributed by atoms with Gasteiger partial charge in [0.2, 0.25) is 5.95 Å². The first-order chi connectivity index (χ1) is 12.4. The minimum Gasteiger partial charge on any atom is -0.340 e. The number of rotatable bonds is 4. The third-order valence-corrected chi connectivity index (χ3v) is 4.53. The van der Waals surface area contributed by atoms with Crippen LogP contribution in [0, 0.1) is 0 Å². The number of aromatic nitrogens is 2. The summed E-state index contributed by atoms with van der Waals surface area (Å²) in [5.41, 5.74) is -0.927. The molecule has 0 aliphatic carbocycles. The molecule has 2 heterocycles. The van der Waals surface area contributed by atoms with Crippen molar-refractivity contribution in [2.75, 3.05) is 42.9 Å². The molecule has 26 heavy (non-hydrogen) atoms. The number of hydrogen-bond donors (Lipinski definition) is 1. The van der Waals surface area contributed by atoms with Gasteiger partial charge in [-0.25, -0.2) is 4.98 Å². The van der Waals surface area contributed by atoms with Crippen LogP contribution in [-0.4, -0.2) is 47.6 Å². The van der Waals surface area contributed by atoms with Crippen molar-refractivity contribution in [1.82, 2.24) is 14.9 Å². The number of likely N-dealkylation sites (N-methyl/N-ethyl adjacent to an activating group) is 1. The Morgan fingerprint density at radius 2 is 1.88 bits per heavy atom. The average Bonchev–Trinajstić information content (AvgIpc) is 2.63. The lowest BCUT2D eigenvalue weighted by Gasteiger charge is -2.34. The lowest BCUT2D eigenvalue weighted by Crippen LogP contribution is -2.46. The van der Waals surface area contributed by atoms with Gasteiger partial charge in [-0.2, -0.15) is 18.2 Å². The van der Waals surface area contributed by atoms with Crippen molar-refractivity contribution in [3.05, 3.63) is 41.0 Å². The maximum Gasteiger partial charge on any atom is 0.418 e. The van der Waals surface area contributed by atoms with Gasteiger partial charge in [0.1, 0.15) is 5.82 Å². The fourth-order valence-corrected chi connectivity index (χ4v) is 3.00. The van der Waals surface area contributed by atoms with Crippen molar-refractivity contribution in [3.8, 4) is 0 Å². The number of nitrogens with one attached hydrogen (secondary N) is 1. The maximum atomic E-state index is 13.2. The van der Waals surface area contributed by atoms with Crippen LogP contribution < -0.4 is 10.2 Å². The summed E-state index contributed by atoms with van der Waals surface area (Å²) in [7, 11) is 0. The Hall–Kier alpha value is -2.06. The summed E-state index contributed by atoms with van der Waals surface area (Å²) in [5, 5.41) is 2.77. The molecule has 5 nitrogen and oxygen atoms in total. The molecule has 0 amide bonds. The first kappa shape index (κ1) is 18.7. The summed E-state index contributed by atoms with van der Waals surface area (Å²) in [5.74, 6) is 0.814. The Bertz CT molecular complexity index is 760. The molecule has 1 fully saturated rings. The zero-order valence-corrected chi connectivity index (χ0v) is 15.0. The Morgan fingerprint density at radius 1 is 1.15 bits per heavy atom. The van der Waals surface area contributed by atoms with Gasteiger partial charge in [-0.05, 0) is 30.8 Å². The molecule has 1 saturated heterocycles. The van der Waals surface area contributed by atoms with E-state index in [1.807, 2.05) is 4.90 Å². The molecule has 1 aliphatic heterocycles. The third kappa shape index (κ3) is 4.37. The Morgan fingerprint density at radius 3 is 2.54 bits per heavy atom. The third-order valence-electron chi connectivity index (χ3n) is 4.29. The van der Waals surface area contributed by atoms with E-state index in [1.54, 1.807) is 12.3 Å². The molecule has 0 atom stereocenters. The molecule has 140 valence electrons. The van der Waals surface area contributed by atoms with Crippen LogP contribution in [0.15, 0.2) is 30.5 Å². The minimum atomic E-state index is -4.51. The molecule has 1 aliphatic rings. The summed E-state index contributed by atoms with van der Waals surface area (Å²) in [6.07, 6.45) is -2.97. The van der Waals surface area contributed by atoms with Gasteiger partial charge in [-0.1, -0.05) is 18.5 Å². The van der Waals surface area contributed by atoms with Crippen molar-refractivity contribution in [1.29, 1.82) is 0 Å². The normalized spacial score (nSPS) is 16.0. The van der Waals surface area contributed by atoms with Crippen LogP contribution in [0.2, 0.25) is 5.02 Å². The number of benzene rings is 1. The van der Waals surface area contributed by atoms with Crippen LogP contribution in [-0.2, 0) is 6.18 Å². The summed E-state index contributed by atoms with van der Waals surface area (Å²) in [6, 6.07) is 5.15. The number of halogens is 4. The number of nitrogens with zero attached hydrogens (tertiary/aromatic N) is 4. The number of hydrogen-bond acceptors (Lipinski definition) is 5. The van der Waals surface area contributed by atoms with E-state index < -0.39 is 11.7 Å². The van der Waals surface area contributed by atoms with Gasteiger partial charge >= 0.3 is 6.18 Å². The standard InChI is InChI=1S/C17H19ClF3N5/c1-2-25-7-9-26(10-8-25)16-22-6-5-15(24-16)23-14-4-3-12(18)11-13(14)17(19,20)21/h3-6,11H,2,7-10H2,1H3,(H,22,23,24). The summed E-state index contributed by atoms with van der Waals surface area (Å²) in [4.78, 5) is 13.0. The molecule has 1 aromatic heterocycles. The predicted octanol–water partition coefficient (Wildman–Crippen LogP) is 4.03. The molecule has 0 saturated carbocycles. The SMILES string of the molecule is CCN1CCN(c2nccc(Nc3ccc(Cl)cc3C(F)(F)F)n2)CC1. The molecule has 1 aromatic carbocycles. The predicted molar refractivity (Wildman–Crippen MR) is 96.1 cm³/mol. The molecular formula is C17H19ClF3N5. The number of anilines is 3. The van der Waals surface area contributed by atoms with Crippen LogP contribution >= 0.6 is 11.6 Å². The minimum absolute atomic E-state index is 0.0278. The summed E-state index contributed by atoms with van der Waals surface area (Å²) < 4.78 is 39.7. The smallest absolute Gasteiger partial charge is 0.340 e. The Labute approximate surface area is 154 Å². The van der Waals surface area contributed by atoms with E-state index in [4.69, 9.17) is 11.6 Å². The van der Waals surface area contributed by atoms with E-state index in [0.717, 1.165) is 38.8 Å². The van der Waals surface area contributed by atoms with Gasteiger partial charge in [0.25, 0.3) is 0 Å². The second-order valence-corrected chi connectivity index (χ2v) is 6.41. The summed E-state index contributed by atoms with van der Waals surface area (Å²) in [6.45, 7) is 6.49. The van der Waals surface area contributed by atoms with E-state index >= 15 is 0 Å². The first-order valence-corrected chi connectivity index (χ1v) is 8.68. The fraction of sp³-hybridized carbons (Fsp3) is 0.412. The molecule has 0 radical (unpaired) electrons. The molecular weight excluding hydrogens is 367 g/mol. The van der Waals surface area contributed by atoms with E-state index in [2.05, 4.69) is 27.1 Å². The van der Waals surface area contributed by atoms with Crippen LogP contribution in [0.4, 0.5) is 30.6 Å².